The Balaban J connectivity index is 2.37. The molecule has 1 rings (SSSR count). The van der Waals surface area contributed by atoms with E-state index in [0.717, 1.165) is 6.54 Å². The van der Waals surface area contributed by atoms with Crippen molar-refractivity contribution in [1.82, 2.24) is 15.1 Å². The van der Waals surface area contributed by atoms with Gasteiger partial charge in [0.15, 0.2) is 0 Å². The normalized spacial score (nSPS) is 15.4. The number of nitrogens with zero attached hydrogens (tertiary/aromatic N) is 2. The number of hydrogen-bond donors (Lipinski definition) is 1. The zero-order valence-corrected chi connectivity index (χ0v) is 9.32. The lowest BCUT2D eigenvalue weighted by atomic mass is 10.2. The molecule has 14 heavy (non-hydrogen) atoms. The highest BCUT2D eigenvalue weighted by Gasteiger charge is 2.10. The molecule has 1 aromatic rings. The van der Waals surface area contributed by atoms with Crippen molar-refractivity contribution in [2.75, 3.05) is 7.11 Å². The molecule has 2 atom stereocenters. The number of methoxy groups -OCH3 is 1. The molecule has 0 amide bonds. The summed E-state index contributed by atoms with van der Waals surface area (Å²) in [4.78, 5) is 0. The fourth-order valence-corrected chi connectivity index (χ4v) is 1.21. The molecule has 4 nitrogen and oxygen atoms in total. The highest BCUT2D eigenvalue weighted by molar-refractivity contribution is 4.99. The molecule has 0 aliphatic heterocycles. The monoisotopic (exact) mass is 197 g/mol. The molecule has 1 N–H and O–H groups in total. The first-order chi connectivity index (χ1) is 6.65. The van der Waals surface area contributed by atoms with E-state index in [9.17, 15) is 0 Å². The summed E-state index contributed by atoms with van der Waals surface area (Å²) in [6, 6.07) is 2.35. The van der Waals surface area contributed by atoms with Crippen molar-refractivity contribution in [2.45, 2.75) is 32.5 Å². The standard InChI is InChI=1S/C10H19N3O/c1-8(9(2)14-4)11-7-10-5-6-12-13(10)3/h5-6,8-9,11H,7H2,1-4H3. The molecule has 0 saturated heterocycles. The van der Waals surface area contributed by atoms with Gasteiger partial charge in [-0.15, -0.1) is 0 Å². The Morgan fingerprint density at radius 2 is 2.29 bits per heavy atom. The van der Waals surface area contributed by atoms with Gasteiger partial charge < -0.3 is 10.1 Å². The predicted octanol–water partition coefficient (Wildman–Crippen LogP) is 0.933. The number of ether oxygens (including phenoxy) is 1. The lowest BCUT2D eigenvalue weighted by Gasteiger charge is -2.19. The summed E-state index contributed by atoms with van der Waals surface area (Å²) < 4.78 is 7.10. The Labute approximate surface area is 85.3 Å². The maximum atomic E-state index is 5.23. The molecule has 0 aromatic carbocycles. The summed E-state index contributed by atoms with van der Waals surface area (Å²) in [5.41, 5.74) is 1.18. The topological polar surface area (TPSA) is 39.1 Å². The summed E-state index contributed by atoms with van der Waals surface area (Å²) in [6.45, 7) is 5.00. The minimum absolute atomic E-state index is 0.225. The molecule has 0 fully saturated rings. The first-order valence-corrected chi connectivity index (χ1v) is 4.88. The largest absolute Gasteiger partial charge is 0.380 e. The Kier molecular flexibility index (Phi) is 4.10. The summed E-state index contributed by atoms with van der Waals surface area (Å²) in [7, 11) is 3.67. The Morgan fingerprint density at radius 3 is 2.79 bits per heavy atom. The second kappa shape index (κ2) is 5.12. The molecule has 2 unspecified atom stereocenters. The van der Waals surface area contributed by atoms with Crippen LogP contribution in [0.1, 0.15) is 19.5 Å². The third kappa shape index (κ3) is 2.82. The lowest BCUT2D eigenvalue weighted by molar-refractivity contribution is 0.0880. The van der Waals surface area contributed by atoms with Crippen LogP contribution in [0.15, 0.2) is 12.3 Å². The average Bonchev–Trinajstić information content (AvgIpc) is 2.59. The quantitative estimate of drug-likeness (QED) is 0.763. The van der Waals surface area contributed by atoms with Crippen molar-refractivity contribution < 1.29 is 4.74 Å². The average molecular weight is 197 g/mol. The number of hydrogen-bond acceptors (Lipinski definition) is 3. The summed E-state index contributed by atoms with van der Waals surface area (Å²) in [5.74, 6) is 0. The molecular weight excluding hydrogens is 178 g/mol. The minimum Gasteiger partial charge on any atom is -0.380 e. The van der Waals surface area contributed by atoms with Crippen molar-refractivity contribution in [2.24, 2.45) is 7.05 Å². The van der Waals surface area contributed by atoms with Gasteiger partial charge in [-0.1, -0.05) is 0 Å². The lowest BCUT2D eigenvalue weighted by Crippen LogP contribution is -2.36. The van der Waals surface area contributed by atoms with Crippen molar-refractivity contribution >= 4 is 0 Å². The molecule has 4 heteroatoms. The summed E-state index contributed by atoms with van der Waals surface area (Å²) >= 11 is 0. The van der Waals surface area contributed by atoms with Crippen molar-refractivity contribution in [3.8, 4) is 0 Å². The van der Waals surface area contributed by atoms with Crippen LogP contribution in [0.5, 0.6) is 0 Å². The zero-order valence-electron chi connectivity index (χ0n) is 9.32. The van der Waals surface area contributed by atoms with Crippen molar-refractivity contribution in [3.05, 3.63) is 18.0 Å². The van der Waals surface area contributed by atoms with E-state index in [-0.39, 0.29) is 6.10 Å². The molecule has 80 valence electrons. The summed E-state index contributed by atoms with van der Waals surface area (Å²) in [5, 5.41) is 7.50. The Hall–Kier alpha value is -0.870. The highest BCUT2D eigenvalue weighted by atomic mass is 16.5. The first-order valence-electron chi connectivity index (χ1n) is 4.88. The third-order valence-corrected chi connectivity index (χ3v) is 2.60. The van der Waals surface area contributed by atoms with E-state index < -0.39 is 0 Å². The van der Waals surface area contributed by atoms with Crippen LogP contribution in [0.4, 0.5) is 0 Å². The molecule has 0 aliphatic carbocycles. The maximum absolute atomic E-state index is 5.23. The zero-order chi connectivity index (χ0) is 10.6. The van der Waals surface area contributed by atoms with Crippen LogP contribution >= 0.6 is 0 Å². The molecule has 1 aromatic heterocycles. The Bertz CT molecular complexity index is 272. The molecule has 0 spiro atoms. The van der Waals surface area contributed by atoms with E-state index in [0.29, 0.717) is 6.04 Å². The molecule has 0 aliphatic rings. The smallest absolute Gasteiger partial charge is 0.0693 e. The number of nitrogens with one attached hydrogen (secondary N) is 1. The fourth-order valence-electron chi connectivity index (χ4n) is 1.21. The highest BCUT2D eigenvalue weighted by Crippen LogP contribution is 2.00. The third-order valence-electron chi connectivity index (χ3n) is 2.60. The number of aryl methyl sites for hydroxylation is 1. The van der Waals surface area contributed by atoms with Crippen LogP contribution in [-0.2, 0) is 18.3 Å². The van der Waals surface area contributed by atoms with Gasteiger partial charge in [0, 0.05) is 32.9 Å². The molecule has 0 bridgehead atoms. The molecule has 0 radical (unpaired) electrons. The second-order valence-corrected chi connectivity index (χ2v) is 3.56. The van der Waals surface area contributed by atoms with Crippen molar-refractivity contribution in [3.63, 3.8) is 0 Å². The molecule has 1 heterocycles. The molecule has 0 saturated carbocycles. The Morgan fingerprint density at radius 1 is 1.57 bits per heavy atom. The van der Waals surface area contributed by atoms with Gasteiger partial charge in [-0.05, 0) is 19.9 Å². The van der Waals surface area contributed by atoms with Crippen LogP contribution in [0.2, 0.25) is 0 Å². The van der Waals surface area contributed by atoms with Gasteiger partial charge in [0.25, 0.3) is 0 Å². The van der Waals surface area contributed by atoms with Crippen molar-refractivity contribution in [1.29, 1.82) is 0 Å². The predicted molar refractivity (Wildman–Crippen MR) is 56.0 cm³/mol. The van der Waals surface area contributed by atoms with E-state index >= 15 is 0 Å². The fraction of sp³-hybridized carbons (Fsp3) is 0.700. The number of rotatable bonds is 5. The van der Waals surface area contributed by atoms with Crippen LogP contribution in [-0.4, -0.2) is 29.0 Å². The van der Waals surface area contributed by atoms with Crippen LogP contribution < -0.4 is 5.32 Å². The van der Waals surface area contributed by atoms with Gasteiger partial charge in [-0.3, -0.25) is 4.68 Å². The van der Waals surface area contributed by atoms with E-state index in [1.54, 1.807) is 13.3 Å². The number of aromatic nitrogens is 2. The van der Waals surface area contributed by atoms with E-state index in [1.165, 1.54) is 5.69 Å². The minimum atomic E-state index is 0.225. The van der Waals surface area contributed by atoms with Gasteiger partial charge in [-0.25, -0.2) is 0 Å². The van der Waals surface area contributed by atoms with E-state index in [1.807, 2.05) is 17.8 Å². The van der Waals surface area contributed by atoms with Crippen LogP contribution in [0, 0.1) is 0 Å². The van der Waals surface area contributed by atoms with Gasteiger partial charge >= 0.3 is 0 Å². The second-order valence-electron chi connectivity index (χ2n) is 3.56. The SMILES string of the molecule is COC(C)C(C)NCc1ccnn1C. The van der Waals surface area contributed by atoms with Crippen LogP contribution in [0.25, 0.3) is 0 Å². The first kappa shape index (κ1) is 11.2. The van der Waals surface area contributed by atoms with E-state index in [4.69, 9.17) is 4.74 Å². The van der Waals surface area contributed by atoms with Gasteiger partial charge in [-0.2, -0.15) is 5.10 Å². The van der Waals surface area contributed by atoms with E-state index in [2.05, 4.69) is 24.3 Å². The maximum Gasteiger partial charge on any atom is 0.0693 e. The van der Waals surface area contributed by atoms with Gasteiger partial charge in [0.1, 0.15) is 0 Å². The van der Waals surface area contributed by atoms with Gasteiger partial charge in [0.05, 0.1) is 11.8 Å². The molecular formula is C10H19N3O. The van der Waals surface area contributed by atoms with Gasteiger partial charge in [0.2, 0.25) is 0 Å². The van der Waals surface area contributed by atoms with Crippen LogP contribution in [0.3, 0.4) is 0 Å². The summed E-state index contributed by atoms with van der Waals surface area (Å²) in [6.07, 6.45) is 2.03.